The molecule has 0 aliphatic carbocycles. The molecule has 0 aliphatic rings. The van der Waals surface area contributed by atoms with Crippen LogP contribution in [0.4, 0.5) is 4.39 Å². The summed E-state index contributed by atoms with van der Waals surface area (Å²) in [6, 6.07) is 4.10. The fraction of sp³-hybridized carbons (Fsp3) is 0.364. The highest BCUT2D eigenvalue weighted by molar-refractivity contribution is 5.95. The van der Waals surface area contributed by atoms with E-state index in [0.717, 1.165) is 5.56 Å². The molecule has 82 valence electrons. The topological polar surface area (TPSA) is 49.3 Å². The number of benzene rings is 1. The molecule has 0 saturated carbocycles. The molecule has 0 spiro atoms. The molecule has 4 heteroatoms. The molecule has 2 N–H and O–H groups in total. The number of aliphatic hydroxyl groups is 1. The van der Waals surface area contributed by atoms with Gasteiger partial charge < -0.3 is 10.4 Å². The third-order valence-corrected chi connectivity index (χ3v) is 2.06. The predicted octanol–water partition coefficient (Wildman–Crippen LogP) is 1.25. The lowest BCUT2D eigenvalue weighted by Crippen LogP contribution is -2.25. The molecular weight excluding hydrogens is 197 g/mol. The zero-order valence-corrected chi connectivity index (χ0v) is 8.59. The van der Waals surface area contributed by atoms with Crippen molar-refractivity contribution >= 4 is 5.91 Å². The van der Waals surface area contributed by atoms with Gasteiger partial charge in [0.2, 0.25) is 0 Å². The number of nitrogens with one attached hydrogen (secondary N) is 1. The molecule has 1 aromatic rings. The highest BCUT2D eigenvalue weighted by Gasteiger charge is 2.08. The Morgan fingerprint density at radius 2 is 2.27 bits per heavy atom. The molecule has 0 atom stereocenters. The molecular formula is C11H14FNO2. The second kappa shape index (κ2) is 5.46. The second-order valence-electron chi connectivity index (χ2n) is 3.29. The van der Waals surface area contributed by atoms with E-state index in [2.05, 4.69) is 5.32 Å². The van der Waals surface area contributed by atoms with E-state index in [1.807, 2.05) is 0 Å². The third-order valence-electron chi connectivity index (χ3n) is 2.06. The number of rotatable bonds is 4. The summed E-state index contributed by atoms with van der Waals surface area (Å²) in [5.41, 5.74) is 1.07. The summed E-state index contributed by atoms with van der Waals surface area (Å²) in [5.74, 6) is -0.728. The van der Waals surface area contributed by atoms with Crippen LogP contribution in [-0.4, -0.2) is 24.2 Å². The molecule has 1 aromatic carbocycles. The van der Waals surface area contributed by atoms with Crippen molar-refractivity contribution in [1.82, 2.24) is 5.32 Å². The van der Waals surface area contributed by atoms with Gasteiger partial charge >= 0.3 is 0 Å². The molecule has 1 amide bonds. The normalized spacial score (nSPS) is 10.1. The van der Waals surface area contributed by atoms with Gasteiger partial charge in [0.05, 0.1) is 0 Å². The van der Waals surface area contributed by atoms with Crippen LogP contribution in [0.25, 0.3) is 0 Å². The van der Waals surface area contributed by atoms with Gasteiger partial charge in [0.15, 0.2) is 0 Å². The van der Waals surface area contributed by atoms with Gasteiger partial charge in [-0.3, -0.25) is 4.79 Å². The fourth-order valence-corrected chi connectivity index (χ4v) is 1.22. The summed E-state index contributed by atoms with van der Waals surface area (Å²) in [5, 5.41) is 11.1. The number of carbonyl (C=O) groups excluding carboxylic acids is 1. The van der Waals surface area contributed by atoms with E-state index in [4.69, 9.17) is 5.11 Å². The SMILES string of the molecule is Cc1ccc(F)cc1C(=O)NCCCO. The van der Waals surface area contributed by atoms with E-state index in [9.17, 15) is 9.18 Å². The highest BCUT2D eigenvalue weighted by Crippen LogP contribution is 2.09. The Bertz CT molecular complexity index is 352. The molecule has 0 radical (unpaired) electrons. The quantitative estimate of drug-likeness (QED) is 0.736. The Balaban J connectivity index is 2.68. The second-order valence-corrected chi connectivity index (χ2v) is 3.29. The fourth-order valence-electron chi connectivity index (χ4n) is 1.22. The summed E-state index contributed by atoms with van der Waals surface area (Å²) in [7, 11) is 0. The minimum Gasteiger partial charge on any atom is -0.396 e. The summed E-state index contributed by atoms with van der Waals surface area (Å²) < 4.78 is 12.9. The summed E-state index contributed by atoms with van der Waals surface area (Å²) >= 11 is 0. The van der Waals surface area contributed by atoms with E-state index in [0.29, 0.717) is 18.5 Å². The maximum Gasteiger partial charge on any atom is 0.251 e. The molecule has 0 aromatic heterocycles. The number of hydrogen-bond acceptors (Lipinski definition) is 2. The van der Waals surface area contributed by atoms with E-state index < -0.39 is 5.82 Å². The van der Waals surface area contributed by atoms with Crippen molar-refractivity contribution in [2.24, 2.45) is 0 Å². The average molecular weight is 211 g/mol. The van der Waals surface area contributed by atoms with Crippen molar-refractivity contribution in [3.05, 3.63) is 35.1 Å². The van der Waals surface area contributed by atoms with Crippen LogP contribution in [0.1, 0.15) is 22.3 Å². The average Bonchev–Trinajstić information content (AvgIpc) is 2.22. The van der Waals surface area contributed by atoms with E-state index in [1.165, 1.54) is 12.1 Å². The van der Waals surface area contributed by atoms with Crippen LogP contribution >= 0.6 is 0 Å². The summed E-state index contributed by atoms with van der Waals surface area (Å²) in [6.07, 6.45) is 0.500. The smallest absolute Gasteiger partial charge is 0.251 e. The predicted molar refractivity (Wildman–Crippen MR) is 55.2 cm³/mol. The first-order valence-electron chi connectivity index (χ1n) is 4.80. The van der Waals surface area contributed by atoms with Crippen LogP contribution in [0.2, 0.25) is 0 Å². The van der Waals surface area contributed by atoms with Crippen LogP contribution in [0, 0.1) is 12.7 Å². The van der Waals surface area contributed by atoms with Crippen molar-refractivity contribution < 1.29 is 14.3 Å². The number of aryl methyl sites for hydroxylation is 1. The molecule has 0 unspecified atom stereocenters. The number of carbonyl (C=O) groups is 1. The van der Waals surface area contributed by atoms with Crippen molar-refractivity contribution in [2.75, 3.05) is 13.2 Å². The zero-order chi connectivity index (χ0) is 11.3. The lowest BCUT2D eigenvalue weighted by atomic mass is 10.1. The van der Waals surface area contributed by atoms with Crippen LogP contribution in [0.3, 0.4) is 0 Å². The molecule has 1 rings (SSSR count). The molecule has 0 heterocycles. The Labute approximate surface area is 87.9 Å². The van der Waals surface area contributed by atoms with Crippen LogP contribution in [-0.2, 0) is 0 Å². The first kappa shape index (κ1) is 11.7. The Kier molecular flexibility index (Phi) is 4.24. The van der Waals surface area contributed by atoms with E-state index in [-0.39, 0.29) is 12.5 Å². The Morgan fingerprint density at radius 1 is 1.53 bits per heavy atom. The van der Waals surface area contributed by atoms with Crippen molar-refractivity contribution in [1.29, 1.82) is 0 Å². The zero-order valence-electron chi connectivity index (χ0n) is 8.59. The minimum atomic E-state index is -0.423. The Morgan fingerprint density at radius 3 is 2.93 bits per heavy atom. The highest BCUT2D eigenvalue weighted by atomic mass is 19.1. The standard InChI is InChI=1S/C11H14FNO2/c1-8-3-4-9(12)7-10(8)11(15)13-5-2-6-14/h3-4,7,14H,2,5-6H2,1H3,(H,13,15). The molecule has 15 heavy (non-hydrogen) atoms. The monoisotopic (exact) mass is 211 g/mol. The summed E-state index contributed by atoms with van der Waals surface area (Å²) in [4.78, 5) is 11.5. The molecule has 0 bridgehead atoms. The molecule has 0 fully saturated rings. The third kappa shape index (κ3) is 3.32. The van der Waals surface area contributed by atoms with Crippen LogP contribution in [0.15, 0.2) is 18.2 Å². The van der Waals surface area contributed by atoms with Crippen LogP contribution in [0.5, 0.6) is 0 Å². The van der Waals surface area contributed by atoms with Crippen molar-refractivity contribution in [3.63, 3.8) is 0 Å². The Hall–Kier alpha value is -1.42. The maximum atomic E-state index is 12.9. The van der Waals surface area contributed by atoms with Gasteiger partial charge in [-0.05, 0) is 31.0 Å². The van der Waals surface area contributed by atoms with Crippen molar-refractivity contribution in [2.45, 2.75) is 13.3 Å². The number of aliphatic hydroxyl groups excluding tert-OH is 1. The van der Waals surface area contributed by atoms with Gasteiger partial charge in [0.1, 0.15) is 5.82 Å². The van der Waals surface area contributed by atoms with Gasteiger partial charge in [-0.15, -0.1) is 0 Å². The van der Waals surface area contributed by atoms with Gasteiger partial charge in [-0.25, -0.2) is 4.39 Å². The number of amides is 1. The van der Waals surface area contributed by atoms with Crippen molar-refractivity contribution in [3.8, 4) is 0 Å². The van der Waals surface area contributed by atoms with Gasteiger partial charge in [0.25, 0.3) is 5.91 Å². The van der Waals surface area contributed by atoms with E-state index >= 15 is 0 Å². The molecule has 0 saturated heterocycles. The van der Waals surface area contributed by atoms with Crippen LogP contribution < -0.4 is 5.32 Å². The number of halogens is 1. The first-order chi connectivity index (χ1) is 7.15. The van der Waals surface area contributed by atoms with Gasteiger partial charge in [0, 0.05) is 18.7 Å². The maximum absolute atomic E-state index is 12.9. The van der Waals surface area contributed by atoms with Gasteiger partial charge in [-0.1, -0.05) is 6.07 Å². The minimum absolute atomic E-state index is 0.0302. The largest absolute Gasteiger partial charge is 0.396 e. The first-order valence-corrected chi connectivity index (χ1v) is 4.80. The lowest BCUT2D eigenvalue weighted by Gasteiger charge is -2.06. The van der Waals surface area contributed by atoms with E-state index in [1.54, 1.807) is 13.0 Å². The number of hydrogen-bond donors (Lipinski definition) is 2. The van der Waals surface area contributed by atoms with Gasteiger partial charge in [-0.2, -0.15) is 0 Å². The molecule has 3 nitrogen and oxygen atoms in total. The molecule has 0 aliphatic heterocycles. The summed E-state index contributed by atoms with van der Waals surface area (Å²) in [6.45, 7) is 2.17. The lowest BCUT2D eigenvalue weighted by molar-refractivity contribution is 0.0950.